The number of nitrogens with zero attached hydrogens (tertiary/aromatic N) is 1. The Morgan fingerprint density at radius 3 is 2.57 bits per heavy atom. The van der Waals surface area contributed by atoms with Gasteiger partial charge in [-0.2, -0.15) is 0 Å². The summed E-state index contributed by atoms with van der Waals surface area (Å²) in [5.41, 5.74) is 7.47. The third-order valence-corrected chi connectivity index (χ3v) is 4.51. The molecule has 160 valence electrons. The number of carbonyl (C=O) groups excluding carboxylic acids is 2. The van der Waals surface area contributed by atoms with Crippen molar-refractivity contribution in [3.05, 3.63) is 53.8 Å². The second-order valence-corrected chi connectivity index (χ2v) is 8.06. The number of ether oxygens (including phenoxy) is 2. The maximum atomic E-state index is 14.7. The number of rotatable bonds is 5. The molecular weight excluding hydrogens is 389 g/mol. The molecule has 3 N–H and O–H groups in total. The van der Waals surface area contributed by atoms with Gasteiger partial charge >= 0.3 is 12.2 Å². The SMILES string of the molecule is CC(C)(C)OC(=O)NC[C@H]1CN(c2ccc(-c3ccc(CN)cc3)c(F)c2)C(=O)O1. The Kier molecular flexibility index (Phi) is 6.26. The molecule has 7 nitrogen and oxygen atoms in total. The van der Waals surface area contributed by atoms with Crippen molar-refractivity contribution in [1.29, 1.82) is 0 Å². The Morgan fingerprint density at radius 1 is 1.27 bits per heavy atom. The van der Waals surface area contributed by atoms with Crippen LogP contribution in [0.4, 0.5) is 19.7 Å². The third-order valence-electron chi connectivity index (χ3n) is 4.51. The lowest BCUT2D eigenvalue weighted by Gasteiger charge is -2.20. The van der Waals surface area contributed by atoms with Crippen molar-refractivity contribution < 1.29 is 23.5 Å². The molecule has 0 aromatic heterocycles. The molecular formula is C22H26FN3O4. The van der Waals surface area contributed by atoms with E-state index < -0.39 is 29.7 Å². The van der Waals surface area contributed by atoms with Crippen molar-refractivity contribution in [3.63, 3.8) is 0 Å². The number of amides is 2. The van der Waals surface area contributed by atoms with Gasteiger partial charge in [0.15, 0.2) is 0 Å². The second kappa shape index (κ2) is 8.71. The summed E-state index contributed by atoms with van der Waals surface area (Å²) in [5, 5.41) is 2.58. The van der Waals surface area contributed by atoms with Crippen LogP contribution in [-0.2, 0) is 16.0 Å². The molecule has 0 saturated carbocycles. The lowest BCUT2D eigenvalue weighted by molar-refractivity contribution is 0.0496. The van der Waals surface area contributed by atoms with Gasteiger partial charge in [0, 0.05) is 12.1 Å². The molecule has 1 aliphatic rings. The molecule has 2 aromatic carbocycles. The molecule has 2 aromatic rings. The smallest absolute Gasteiger partial charge is 0.414 e. The van der Waals surface area contributed by atoms with E-state index in [0.29, 0.717) is 17.8 Å². The van der Waals surface area contributed by atoms with Gasteiger partial charge in [-0.3, -0.25) is 4.90 Å². The number of hydrogen-bond donors (Lipinski definition) is 2. The number of alkyl carbamates (subject to hydrolysis) is 1. The summed E-state index contributed by atoms with van der Waals surface area (Å²) in [4.78, 5) is 25.3. The van der Waals surface area contributed by atoms with Crippen LogP contribution in [0.25, 0.3) is 11.1 Å². The van der Waals surface area contributed by atoms with Gasteiger partial charge in [-0.1, -0.05) is 24.3 Å². The molecule has 8 heteroatoms. The summed E-state index contributed by atoms with van der Waals surface area (Å²) in [6.45, 7) is 5.99. The summed E-state index contributed by atoms with van der Waals surface area (Å²) < 4.78 is 25.2. The first-order valence-electron chi connectivity index (χ1n) is 9.70. The zero-order valence-corrected chi connectivity index (χ0v) is 17.3. The third kappa shape index (κ3) is 5.27. The van der Waals surface area contributed by atoms with Crippen LogP contribution in [0.1, 0.15) is 26.3 Å². The Balaban J connectivity index is 1.65. The molecule has 1 saturated heterocycles. The summed E-state index contributed by atoms with van der Waals surface area (Å²) >= 11 is 0. The number of anilines is 1. The zero-order chi connectivity index (χ0) is 21.9. The number of halogens is 1. The summed E-state index contributed by atoms with van der Waals surface area (Å²) in [6, 6.07) is 11.9. The van der Waals surface area contributed by atoms with Gasteiger partial charge in [0.05, 0.1) is 18.8 Å². The van der Waals surface area contributed by atoms with Gasteiger partial charge < -0.3 is 20.5 Å². The number of benzene rings is 2. The average Bonchev–Trinajstić information content (AvgIpc) is 3.06. The van der Waals surface area contributed by atoms with Crippen LogP contribution >= 0.6 is 0 Å². The van der Waals surface area contributed by atoms with Gasteiger partial charge in [0.1, 0.15) is 17.5 Å². The zero-order valence-electron chi connectivity index (χ0n) is 17.3. The van der Waals surface area contributed by atoms with Crippen molar-refractivity contribution >= 4 is 17.9 Å². The van der Waals surface area contributed by atoms with Gasteiger partial charge in [0.25, 0.3) is 0 Å². The van der Waals surface area contributed by atoms with Crippen LogP contribution in [0.3, 0.4) is 0 Å². The Morgan fingerprint density at radius 2 is 1.97 bits per heavy atom. The Bertz CT molecular complexity index is 925. The van der Waals surface area contributed by atoms with Crippen LogP contribution in [0.5, 0.6) is 0 Å². The number of nitrogens with one attached hydrogen (secondary N) is 1. The largest absolute Gasteiger partial charge is 0.444 e. The summed E-state index contributed by atoms with van der Waals surface area (Å²) in [6.07, 6.45) is -1.74. The summed E-state index contributed by atoms with van der Waals surface area (Å²) in [5.74, 6) is -0.448. The first kappa shape index (κ1) is 21.6. The molecule has 0 spiro atoms. The predicted octanol–water partition coefficient (Wildman–Crippen LogP) is 3.80. The fraction of sp³-hybridized carbons (Fsp3) is 0.364. The van der Waals surface area contributed by atoms with E-state index in [4.69, 9.17) is 15.2 Å². The highest BCUT2D eigenvalue weighted by atomic mass is 19.1. The first-order chi connectivity index (χ1) is 14.2. The average molecular weight is 415 g/mol. The van der Waals surface area contributed by atoms with E-state index in [1.54, 1.807) is 32.9 Å². The minimum absolute atomic E-state index is 0.102. The second-order valence-electron chi connectivity index (χ2n) is 8.06. The fourth-order valence-electron chi connectivity index (χ4n) is 3.08. The molecule has 1 heterocycles. The molecule has 3 rings (SSSR count). The normalized spacial score (nSPS) is 16.4. The van der Waals surface area contributed by atoms with Crippen molar-refractivity contribution in [2.24, 2.45) is 5.73 Å². The highest BCUT2D eigenvalue weighted by Gasteiger charge is 2.33. The topological polar surface area (TPSA) is 93.9 Å². The highest BCUT2D eigenvalue weighted by Crippen LogP contribution is 2.29. The molecule has 1 aliphatic heterocycles. The van der Waals surface area contributed by atoms with Crippen LogP contribution in [0, 0.1) is 5.82 Å². The van der Waals surface area contributed by atoms with Gasteiger partial charge in [-0.05, 0) is 50.1 Å². The van der Waals surface area contributed by atoms with E-state index in [2.05, 4.69) is 5.32 Å². The molecule has 0 bridgehead atoms. The van der Waals surface area contributed by atoms with Gasteiger partial charge in [-0.15, -0.1) is 0 Å². The van der Waals surface area contributed by atoms with Crippen LogP contribution in [0.2, 0.25) is 0 Å². The highest BCUT2D eigenvalue weighted by molar-refractivity contribution is 5.90. The molecule has 1 fully saturated rings. The maximum absolute atomic E-state index is 14.7. The van der Waals surface area contributed by atoms with E-state index in [1.807, 2.05) is 24.3 Å². The number of nitrogens with two attached hydrogens (primary N) is 1. The molecule has 30 heavy (non-hydrogen) atoms. The fourth-order valence-corrected chi connectivity index (χ4v) is 3.08. The molecule has 1 atom stereocenters. The van der Waals surface area contributed by atoms with Crippen LogP contribution < -0.4 is 16.0 Å². The predicted molar refractivity (Wildman–Crippen MR) is 112 cm³/mol. The van der Waals surface area contributed by atoms with E-state index in [0.717, 1.165) is 11.1 Å². The lowest BCUT2D eigenvalue weighted by Crippen LogP contribution is -2.38. The van der Waals surface area contributed by atoms with Crippen molar-refractivity contribution in [2.75, 3.05) is 18.0 Å². The van der Waals surface area contributed by atoms with E-state index in [-0.39, 0.29) is 13.1 Å². The molecule has 0 radical (unpaired) electrons. The quantitative estimate of drug-likeness (QED) is 0.775. The van der Waals surface area contributed by atoms with E-state index in [1.165, 1.54) is 11.0 Å². The molecule has 2 amide bonds. The van der Waals surface area contributed by atoms with Crippen LogP contribution in [0.15, 0.2) is 42.5 Å². The summed E-state index contributed by atoms with van der Waals surface area (Å²) in [7, 11) is 0. The van der Waals surface area contributed by atoms with Crippen molar-refractivity contribution in [1.82, 2.24) is 5.32 Å². The van der Waals surface area contributed by atoms with Crippen LogP contribution in [-0.4, -0.2) is 37.0 Å². The number of cyclic esters (lactones) is 1. The monoisotopic (exact) mass is 415 g/mol. The van der Waals surface area contributed by atoms with E-state index >= 15 is 0 Å². The minimum atomic E-state index is -0.619. The first-order valence-corrected chi connectivity index (χ1v) is 9.70. The van der Waals surface area contributed by atoms with Crippen molar-refractivity contribution in [3.8, 4) is 11.1 Å². The van der Waals surface area contributed by atoms with Gasteiger partial charge in [0.2, 0.25) is 0 Å². The maximum Gasteiger partial charge on any atom is 0.414 e. The number of carbonyl (C=O) groups is 2. The number of hydrogen-bond acceptors (Lipinski definition) is 5. The standard InChI is InChI=1S/C22H26FN3O4/c1-22(2,3)30-20(27)25-12-17-13-26(21(28)29-17)16-8-9-18(19(23)10-16)15-6-4-14(11-24)5-7-15/h4-10,17H,11-13,24H2,1-3H3,(H,25,27)/t17-/m0/s1. The molecule has 0 unspecified atom stereocenters. The molecule has 0 aliphatic carbocycles. The van der Waals surface area contributed by atoms with E-state index in [9.17, 15) is 14.0 Å². The Labute approximate surface area is 174 Å². The lowest BCUT2D eigenvalue weighted by atomic mass is 10.0. The minimum Gasteiger partial charge on any atom is -0.444 e. The Hall–Kier alpha value is -3.13. The van der Waals surface area contributed by atoms with Crippen molar-refractivity contribution in [2.45, 2.75) is 39.0 Å². The van der Waals surface area contributed by atoms with Gasteiger partial charge in [-0.25, -0.2) is 14.0 Å².